The Morgan fingerprint density at radius 2 is 2.24 bits per heavy atom. The van der Waals surface area contributed by atoms with Gasteiger partial charge in [-0.15, -0.1) is 0 Å². The molecular weight excluding hydrogens is 262 g/mol. The minimum atomic E-state index is -0.105. The minimum Gasteiger partial charge on any atom is -0.392 e. The van der Waals surface area contributed by atoms with Gasteiger partial charge in [0.05, 0.1) is 6.10 Å². The number of likely N-dealkylation sites (tertiary alicyclic amines) is 1. The van der Waals surface area contributed by atoms with E-state index in [1.807, 2.05) is 0 Å². The zero-order valence-electron chi connectivity index (χ0n) is 12.9. The highest BCUT2D eigenvalue weighted by atomic mass is 16.3. The van der Waals surface area contributed by atoms with Crippen molar-refractivity contribution in [2.45, 2.75) is 51.0 Å². The summed E-state index contributed by atoms with van der Waals surface area (Å²) in [5, 5.41) is 13.1. The highest BCUT2D eigenvalue weighted by Crippen LogP contribution is 2.20. The molecule has 0 aromatic carbocycles. The number of aryl methyl sites for hydroxylation is 2. The second-order valence-electron chi connectivity index (χ2n) is 6.39. The van der Waals surface area contributed by atoms with Crippen LogP contribution in [0.5, 0.6) is 0 Å². The van der Waals surface area contributed by atoms with Crippen LogP contribution in [0, 0.1) is 0 Å². The van der Waals surface area contributed by atoms with Crippen LogP contribution in [-0.2, 0) is 12.8 Å². The van der Waals surface area contributed by atoms with Crippen LogP contribution in [0.1, 0.15) is 43.4 Å². The Morgan fingerprint density at radius 3 is 3.14 bits per heavy atom. The number of hydrogen-bond acceptors (Lipinski definition) is 4. The topological polar surface area (TPSA) is 48.4 Å². The SMILES string of the molecule is O[C@@H]1CCCN(CCCCc2ccc3c(n2)NCCC3)C1. The summed E-state index contributed by atoms with van der Waals surface area (Å²) in [7, 11) is 0. The average Bonchev–Trinajstić information content (AvgIpc) is 2.51. The highest BCUT2D eigenvalue weighted by Gasteiger charge is 2.16. The molecule has 0 radical (unpaired) electrons. The van der Waals surface area contributed by atoms with E-state index in [0.717, 1.165) is 57.7 Å². The van der Waals surface area contributed by atoms with Gasteiger partial charge >= 0.3 is 0 Å². The second-order valence-corrected chi connectivity index (χ2v) is 6.39. The lowest BCUT2D eigenvalue weighted by atomic mass is 10.1. The van der Waals surface area contributed by atoms with E-state index in [1.54, 1.807) is 0 Å². The molecule has 3 rings (SSSR count). The standard InChI is InChI=1S/C17H27N3O/c21-16-7-4-12-20(13-16)11-2-1-6-15-9-8-14-5-3-10-18-17(14)19-15/h8-9,16,21H,1-7,10-13H2,(H,18,19)/t16-/m1/s1. The number of aliphatic hydroxyl groups excluding tert-OH is 1. The minimum absolute atomic E-state index is 0.105. The monoisotopic (exact) mass is 289 g/mol. The van der Waals surface area contributed by atoms with Gasteiger partial charge in [-0.1, -0.05) is 6.07 Å². The van der Waals surface area contributed by atoms with Crippen molar-refractivity contribution in [3.63, 3.8) is 0 Å². The van der Waals surface area contributed by atoms with Gasteiger partial charge in [0.1, 0.15) is 5.82 Å². The van der Waals surface area contributed by atoms with Crippen LogP contribution in [0.3, 0.4) is 0 Å². The smallest absolute Gasteiger partial charge is 0.129 e. The maximum Gasteiger partial charge on any atom is 0.129 e. The first-order chi connectivity index (χ1) is 10.3. The van der Waals surface area contributed by atoms with Gasteiger partial charge < -0.3 is 15.3 Å². The van der Waals surface area contributed by atoms with E-state index in [0.29, 0.717) is 0 Å². The number of nitrogens with zero attached hydrogens (tertiary/aromatic N) is 2. The molecule has 2 aliphatic rings. The summed E-state index contributed by atoms with van der Waals surface area (Å²) in [4.78, 5) is 7.14. The molecule has 0 saturated carbocycles. The number of aliphatic hydroxyl groups is 1. The second kappa shape index (κ2) is 7.23. The van der Waals surface area contributed by atoms with Gasteiger partial charge in [0, 0.05) is 18.8 Å². The first-order valence-corrected chi connectivity index (χ1v) is 8.44. The molecule has 4 heteroatoms. The summed E-state index contributed by atoms with van der Waals surface area (Å²) in [5.74, 6) is 1.11. The molecule has 0 aliphatic carbocycles. The van der Waals surface area contributed by atoms with Crippen molar-refractivity contribution >= 4 is 5.82 Å². The van der Waals surface area contributed by atoms with Gasteiger partial charge in [0.25, 0.3) is 0 Å². The largest absolute Gasteiger partial charge is 0.392 e. The molecule has 3 heterocycles. The lowest BCUT2D eigenvalue weighted by molar-refractivity contribution is 0.0699. The van der Waals surface area contributed by atoms with E-state index in [-0.39, 0.29) is 6.10 Å². The number of β-amino-alcohol motifs (C(OH)–C–C–N with tert-alkyl or cyclic N) is 1. The van der Waals surface area contributed by atoms with Crippen molar-refractivity contribution in [1.82, 2.24) is 9.88 Å². The van der Waals surface area contributed by atoms with Crippen LogP contribution >= 0.6 is 0 Å². The third kappa shape index (κ3) is 4.17. The molecule has 1 aromatic heterocycles. The average molecular weight is 289 g/mol. The Labute approximate surface area is 127 Å². The van der Waals surface area contributed by atoms with E-state index in [9.17, 15) is 5.11 Å². The number of piperidine rings is 1. The van der Waals surface area contributed by atoms with Gasteiger partial charge in [0.15, 0.2) is 0 Å². The molecular formula is C17H27N3O. The van der Waals surface area contributed by atoms with Crippen molar-refractivity contribution in [2.75, 3.05) is 31.5 Å². The third-order valence-corrected chi connectivity index (χ3v) is 4.59. The zero-order valence-corrected chi connectivity index (χ0v) is 12.9. The van der Waals surface area contributed by atoms with E-state index < -0.39 is 0 Å². The van der Waals surface area contributed by atoms with E-state index in [2.05, 4.69) is 22.3 Å². The van der Waals surface area contributed by atoms with Gasteiger partial charge in [-0.2, -0.15) is 0 Å². The molecule has 116 valence electrons. The van der Waals surface area contributed by atoms with Crippen LogP contribution in [0.15, 0.2) is 12.1 Å². The Morgan fingerprint density at radius 1 is 1.29 bits per heavy atom. The lowest BCUT2D eigenvalue weighted by Crippen LogP contribution is -2.38. The Hall–Kier alpha value is -1.13. The molecule has 1 fully saturated rings. The summed E-state index contributed by atoms with van der Waals surface area (Å²) in [6, 6.07) is 4.43. The molecule has 0 spiro atoms. The van der Waals surface area contributed by atoms with Crippen LogP contribution in [0.2, 0.25) is 0 Å². The number of unbranched alkanes of at least 4 members (excludes halogenated alkanes) is 1. The number of rotatable bonds is 5. The summed E-state index contributed by atoms with van der Waals surface area (Å²) in [6.45, 7) is 4.18. The Kier molecular flexibility index (Phi) is 5.09. The summed E-state index contributed by atoms with van der Waals surface area (Å²) >= 11 is 0. The first-order valence-electron chi connectivity index (χ1n) is 8.44. The summed E-state index contributed by atoms with van der Waals surface area (Å²) in [6.07, 6.45) is 7.82. The fraction of sp³-hybridized carbons (Fsp3) is 0.706. The lowest BCUT2D eigenvalue weighted by Gasteiger charge is -2.29. The van der Waals surface area contributed by atoms with Crippen molar-refractivity contribution in [3.05, 3.63) is 23.4 Å². The van der Waals surface area contributed by atoms with Crippen molar-refractivity contribution in [1.29, 1.82) is 0 Å². The predicted molar refractivity (Wildman–Crippen MR) is 85.7 cm³/mol. The molecule has 0 unspecified atom stereocenters. The number of pyridine rings is 1. The van der Waals surface area contributed by atoms with E-state index in [1.165, 1.54) is 30.5 Å². The van der Waals surface area contributed by atoms with Crippen molar-refractivity contribution in [2.24, 2.45) is 0 Å². The predicted octanol–water partition coefficient (Wildman–Crippen LogP) is 2.22. The number of hydrogen-bond donors (Lipinski definition) is 2. The molecule has 21 heavy (non-hydrogen) atoms. The van der Waals surface area contributed by atoms with Crippen LogP contribution in [0.25, 0.3) is 0 Å². The normalized spacial score (nSPS) is 22.6. The number of nitrogens with one attached hydrogen (secondary N) is 1. The van der Waals surface area contributed by atoms with Crippen molar-refractivity contribution in [3.8, 4) is 0 Å². The number of fused-ring (bicyclic) bond motifs is 1. The molecule has 0 bridgehead atoms. The zero-order chi connectivity index (χ0) is 14.5. The van der Waals surface area contributed by atoms with Gasteiger partial charge in [-0.3, -0.25) is 0 Å². The third-order valence-electron chi connectivity index (χ3n) is 4.59. The van der Waals surface area contributed by atoms with Crippen LogP contribution in [0.4, 0.5) is 5.82 Å². The molecule has 2 aliphatic heterocycles. The van der Waals surface area contributed by atoms with Crippen LogP contribution in [-0.4, -0.2) is 47.3 Å². The highest BCUT2D eigenvalue weighted by molar-refractivity contribution is 5.46. The molecule has 4 nitrogen and oxygen atoms in total. The fourth-order valence-electron chi connectivity index (χ4n) is 3.38. The first kappa shape index (κ1) is 14.8. The fourth-order valence-corrected chi connectivity index (χ4v) is 3.38. The Balaban J connectivity index is 1.41. The van der Waals surface area contributed by atoms with Gasteiger partial charge in [-0.05, 0) is 69.7 Å². The maximum absolute atomic E-state index is 9.67. The van der Waals surface area contributed by atoms with E-state index >= 15 is 0 Å². The number of aromatic nitrogens is 1. The summed E-state index contributed by atoms with van der Waals surface area (Å²) < 4.78 is 0. The van der Waals surface area contributed by atoms with E-state index in [4.69, 9.17) is 4.98 Å². The quantitative estimate of drug-likeness (QED) is 0.816. The maximum atomic E-state index is 9.67. The molecule has 1 saturated heterocycles. The summed E-state index contributed by atoms with van der Waals surface area (Å²) in [5.41, 5.74) is 2.58. The van der Waals surface area contributed by atoms with Gasteiger partial charge in [-0.25, -0.2) is 4.98 Å². The number of anilines is 1. The molecule has 2 N–H and O–H groups in total. The molecule has 1 aromatic rings. The van der Waals surface area contributed by atoms with Crippen LogP contribution < -0.4 is 5.32 Å². The molecule has 1 atom stereocenters. The molecule has 0 amide bonds. The van der Waals surface area contributed by atoms with Gasteiger partial charge in [0.2, 0.25) is 0 Å². The van der Waals surface area contributed by atoms with Crippen molar-refractivity contribution < 1.29 is 5.11 Å². The Bertz CT molecular complexity index is 463.